The number of benzene rings is 1. The summed E-state index contributed by atoms with van der Waals surface area (Å²) in [5.74, 6) is -0.684. The van der Waals surface area contributed by atoms with Crippen LogP contribution < -0.4 is 5.73 Å². The van der Waals surface area contributed by atoms with Crippen molar-refractivity contribution in [2.24, 2.45) is 5.73 Å². The molecule has 0 aliphatic heterocycles. The Morgan fingerprint density at radius 2 is 2.12 bits per heavy atom. The van der Waals surface area contributed by atoms with Gasteiger partial charge in [-0.05, 0) is 6.07 Å². The van der Waals surface area contributed by atoms with Gasteiger partial charge in [0.05, 0.1) is 11.6 Å². The van der Waals surface area contributed by atoms with E-state index in [0.29, 0.717) is 16.8 Å². The quantitative estimate of drug-likeness (QED) is 0.754. The van der Waals surface area contributed by atoms with Crippen LogP contribution in [0.3, 0.4) is 0 Å². The van der Waals surface area contributed by atoms with E-state index in [9.17, 15) is 4.79 Å². The number of nitrogens with one attached hydrogen (secondary N) is 1. The summed E-state index contributed by atoms with van der Waals surface area (Å²) in [4.78, 5) is 11.1. The smallest absolute Gasteiger partial charge is 0.271 e. The summed E-state index contributed by atoms with van der Waals surface area (Å²) >= 11 is 0. The van der Waals surface area contributed by atoms with Crippen LogP contribution in [0, 0.1) is 11.3 Å². The fourth-order valence-corrected chi connectivity index (χ4v) is 1.38. The number of nitrogens with two attached hydrogens (primary N) is 1. The Morgan fingerprint density at radius 3 is 2.81 bits per heavy atom. The zero-order chi connectivity index (χ0) is 11.5. The van der Waals surface area contributed by atoms with E-state index in [1.54, 1.807) is 24.3 Å². The molecule has 0 radical (unpaired) electrons. The van der Waals surface area contributed by atoms with Gasteiger partial charge in [-0.1, -0.05) is 18.2 Å². The fourth-order valence-electron chi connectivity index (χ4n) is 1.38. The van der Waals surface area contributed by atoms with Crippen molar-refractivity contribution in [3.63, 3.8) is 0 Å². The maximum Gasteiger partial charge on any atom is 0.271 e. The molecule has 1 aromatic heterocycles. The minimum absolute atomic E-state index is 0.0303. The van der Waals surface area contributed by atoms with Gasteiger partial charge in [-0.2, -0.15) is 20.7 Å². The second kappa shape index (κ2) is 3.82. The van der Waals surface area contributed by atoms with Crippen molar-refractivity contribution in [3.8, 4) is 17.3 Å². The standard InChI is InChI=1S/C10H7N5O/c11-5-6-3-1-2-4-7(6)8-9(10(12)16)14-15-13-8/h1-4H,(H2,12,16)(H,13,14,15). The summed E-state index contributed by atoms with van der Waals surface area (Å²) in [6.07, 6.45) is 0. The molecule has 16 heavy (non-hydrogen) atoms. The molecule has 0 aliphatic rings. The third kappa shape index (κ3) is 1.50. The number of nitrogens with zero attached hydrogens (tertiary/aromatic N) is 3. The largest absolute Gasteiger partial charge is 0.364 e. The van der Waals surface area contributed by atoms with Crippen LogP contribution in [0.15, 0.2) is 24.3 Å². The van der Waals surface area contributed by atoms with E-state index in [0.717, 1.165) is 0 Å². The summed E-state index contributed by atoms with van der Waals surface area (Å²) in [7, 11) is 0. The predicted molar refractivity (Wildman–Crippen MR) is 55.1 cm³/mol. The number of rotatable bonds is 2. The minimum atomic E-state index is -0.684. The fraction of sp³-hybridized carbons (Fsp3) is 0. The van der Waals surface area contributed by atoms with Crippen molar-refractivity contribution in [2.75, 3.05) is 0 Å². The molecule has 0 unspecified atom stereocenters. The molecule has 6 heteroatoms. The zero-order valence-electron chi connectivity index (χ0n) is 8.14. The number of aromatic amines is 1. The first-order chi connectivity index (χ1) is 7.74. The third-order valence-corrected chi connectivity index (χ3v) is 2.08. The van der Waals surface area contributed by atoms with Gasteiger partial charge in [0.25, 0.3) is 5.91 Å². The highest BCUT2D eigenvalue weighted by atomic mass is 16.1. The Labute approximate surface area is 90.7 Å². The Kier molecular flexibility index (Phi) is 2.36. The van der Waals surface area contributed by atoms with Crippen molar-refractivity contribution >= 4 is 5.91 Å². The van der Waals surface area contributed by atoms with Gasteiger partial charge in [-0.15, -0.1) is 0 Å². The summed E-state index contributed by atoms with van der Waals surface area (Å²) in [6.45, 7) is 0. The Bertz CT molecular complexity index is 581. The number of hydrogen-bond donors (Lipinski definition) is 2. The van der Waals surface area contributed by atoms with Gasteiger partial charge in [0, 0.05) is 5.56 Å². The van der Waals surface area contributed by atoms with Crippen molar-refractivity contribution in [1.82, 2.24) is 15.4 Å². The summed E-state index contributed by atoms with van der Waals surface area (Å²) < 4.78 is 0. The molecule has 0 bridgehead atoms. The molecule has 1 heterocycles. The Balaban J connectivity index is 2.64. The van der Waals surface area contributed by atoms with E-state index in [1.165, 1.54) is 0 Å². The summed E-state index contributed by atoms with van der Waals surface area (Å²) in [5.41, 5.74) is 6.42. The number of primary amides is 1. The minimum Gasteiger partial charge on any atom is -0.364 e. The van der Waals surface area contributed by atoms with Gasteiger partial charge in [-0.25, -0.2) is 0 Å². The van der Waals surface area contributed by atoms with Crippen molar-refractivity contribution in [1.29, 1.82) is 5.26 Å². The summed E-state index contributed by atoms with van der Waals surface area (Å²) in [5, 5.41) is 18.7. The lowest BCUT2D eigenvalue weighted by Gasteiger charge is -1.99. The van der Waals surface area contributed by atoms with E-state index in [1.807, 2.05) is 6.07 Å². The molecule has 1 aromatic carbocycles. The van der Waals surface area contributed by atoms with Crippen molar-refractivity contribution in [2.45, 2.75) is 0 Å². The number of hydrogen-bond acceptors (Lipinski definition) is 4. The van der Waals surface area contributed by atoms with E-state index < -0.39 is 5.91 Å². The lowest BCUT2D eigenvalue weighted by atomic mass is 10.0. The number of amides is 1. The molecule has 0 atom stereocenters. The van der Waals surface area contributed by atoms with Crippen LogP contribution in [0.1, 0.15) is 16.1 Å². The molecular weight excluding hydrogens is 206 g/mol. The van der Waals surface area contributed by atoms with Crippen LogP contribution in [-0.2, 0) is 0 Å². The second-order valence-corrected chi connectivity index (χ2v) is 3.04. The maximum absolute atomic E-state index is 11.1. The molecule has 1 amide bonds. The average molecular weight is 213 g/mol. The van der Waals surface area contributed by atoms with Gasteiger partial charge < -0.3 is 5.73 Å². The van der Waals surface area contributed by atoms with Crippen molar-refractivity contribution in [3.05, 3.63) is 35.5 Å². The van der Waals surface area contributed by atoms with E-state index in [-0.39, 0.29) is 5.69 Å². The highest BCUT2D eigenvalue weighted by Gasteiger charge is 2.17. The molecule has 0 fully saturated rings. The lowest BCUT2D eigenvalue weighted by Crippen LogP contribution is -2.12. The Hall–Kier alpha value is -2.68. The van der Waals surface area contributed by atoms with Crippen LogP contribution in [0.25, 0.3) is 11.3 Å². The molecule has 0 saturated heterocycles. The first-order valence-electron chi connectivity index (χ1n) is 4.44. The molecule has 3 N–H and O–H groups in total. The zero-order valence-corrected chi connectivity index (χ0v) is 8.14. The van der Waals surface area contributed by atoms with E-state index >= 15 is 0 Å². The maximum atomic E-state index is 11.1. The van der Waals surface area contributed by atoms with Gasteiger partial charge in [0.15, 0.2) is 5.69 Å². The van der Waals surface area contributed by atoms with Gasteiger partial charge in [-0.3, -0.25) is 4.79 Å². The average Bonchev–Trinajstić information content (AvgIpc) is 2.77. The number of nitriles is 1. The normalized spacial score (nSPS) is 9.69. The SMILES string of the molecule is N#Cc1ccccc1-c1n[nH]nc1C(N)=O. The summed E-state index contributed by atoms with van der Waals surface area (Å²) in [6, 6.07) is 8.81. The van der Waals surface area contributed by atoms with Crippen LogP contribution >= 0.6 is 0 Å². The molecule has 2 aromatic rings. The molecule has 2 rings (SSSR count). The highest BCUT2D eigenvalue weighted by Crippen LogP contribution is 2.22. The van der Waals surface area contributed by atoms with Crippen LogP contribution in [0.5, 0.6) is 0 Å². The molecule has 6 nitrogen and oxygen atoms in total. The van der Waals surface area contributed by atoms with Gasteiger partial charge in [0.1, 0.15) is 5.69 Å². The third-order valence-electron chi connectivity index (χ3n) is 2.08. The van der Waals surface area contributed by atoms with Crippen LogP contribution in [0.2, 0.25) is 0 Å². The Morgan fingerprint density at radius 1 is 1.38 bits per heavy atom. The first-order valence-corrected chi connectivity index (χ1v) is 4.44. The van der Waals surface area contributed by atoms with Crippen LogP contribution in [0.4, 0.5) is 0 Å². The number of carbonyl (C=O) groups is 1. The van der Waals surface area contributed by atoms with Crippen molar-refractivity contribution < 1.29 is 4.79 Å². The molecule has 78 valence electrons. The molecule has 0 spiro atoms. The van der Waals surface area contributed by atoms with E-state index in [4.69, 9.17) is 11.0 Å². The molecule has 0 saturated carbocycles. The monoisotopic (exact) mass is 213 g/mol. The predicted octanol–water partition coefficient (Wildman–Crippen LogP) is 0.442. The number of aromatic nitrogens is 3. The highest BCUT2D eigenvalue weighted by molar-refractivity contribution is 5.97. The molecule has 0 aliphatic carbocycles. The number of H-pyrrole nitrogens is 1. The van der Waals surface area contributed by atoms with Crippen LogP contribution in [-0.4, -0.2) is 21.3 Å². The topological polar surface area (TPSA) is 108 Å². The lowest BCUT2D eigenvalue weighted by molar-refractivity contribution is 0.0996. The molecular formula is C10H7N5O. The van der Waals surface area contributed by atoms with Gasteiger partial charge >= 0.3 is 0 Å². The van der Waals surface area contributed by atoms with E-state index in [2.05, 4.69) is 15.4 Å². The first kappa shape index (κ1) is 9.86. The second-order valence-electron chi connectivity index (χ2n) is 3.04. The number of carbonyl (C=O) groups excluding carboxylic acids is 1. The van der Waals surface area contributed by atoms with Gasteiger partial charge in [0.2, 0.25) is 0 Å².